The number of thiophene rings is 1. The number of nitrogens with zero attached hydrogens (tertiary/aromatic N) is 3. The lowest BCUT2D eigenvalue weighted by atomic mass is 10.3. The zero-order valence-corrected chi connectivity index (χ0v) is 12.0. The van der Waals surface area contributed by atoms with Crippen molar-refractivity contribution in [1.82, 2.24) is 14.2 Å². The van der Waals surface area contributed by atoms with Gasteiger partial charge in [0.15, 0.2) is 5.78 Å². The molecule has 0 unspecified atom stereocenters. The molecule has 3 aromatic heterocycles. The van der Waals surface area contributed by atoms with Crippen molar-refractivity contribution < 1.29 is 4.79 Å². The lowest BCUT2D eigenvalue weighted by molar-refractivity contribution is 0.0975. The average Bonchev–Trinajstić information content (AvgIpc) is 3.01. The molecule has 0 spiro atoms. The van der Waals surface area contributed by atoms with Gasteiger partial charge in [-0.25, -0.2) is 4.52 Å². The van der Waals surface area contributed by atoms with E-state index in [0.717, 1.165) is 3.79 Å². The predicted octanol–water partition coefficient (Wildman–Crippen LogP) is 2.20. The van der Waals surface area contributed by atoms with Gasteiger partial charge >= 0.3 is 0 Å². The summed E-state index contributed by atoms with van der Waals surface area (Å²) >= 11 is 4.67. The fraction of sp³-hybridized carbons (Fsp3) is 0.0833. The van der Waals surface area contributed by atoms with Crippen LogP contribution in [0.15, 0.2) is 45.4 Å². The summed E-state index contributed by atoms with van der Waals surface area (Å²) in [6.07, 6.45) is 4.79. The summed E-state index contributed by atoms with van der Waals surface area (Å²) in [5, 5.41) is 3.98. The van der Waals surface area contributed by atoms with Crippen molar-refractivity contribution in [3.05, 3.63) is 55.8 Å². The molecule has 3 heterocycles. The van der Waals surface area contributed by atoms with Gasteiger partial charge in [-0.2, -0.15) is 5.10 Å². The number of ketones is 1. The van der Waals surface area contributed by atoms with Crippen molar-refractivity contribution >= 4 is 38.6 Å². The minimum atomic E-state index is -0.219. The summed E-state index contributed by atoms with van der Waals surface area (Å²) in [6.45, 7) is 0.0352. The molecule has 0 N–H and O–H groups in total. The first-order valence-corrected chi connectivity index (χ1v) is 7.07. The van der Waals surface area contributed by atoms with Gasteiger partial charge in [0.2, 0.25) is 0 Å². The summed E-state index contributed by atoms with van der Waals surface area (Å²) in [5.41, 5.74) is 0.242. The van der Waals surface area contributed by atoms with Crippen LogP contribution in [0.3, 0.4) is 0 Å². The number of hydrogen-bond acceptors (Lipinski definition) is 4. The van der Waals surface area contributed by atoms with Gasteiger partial charge in [-0.15, -0.1) is 11.3 Å². The number of rotatable bonds is 3. The minimum Gasteiger partial charge on any atom is -0.304 e. The van der Waals surface area contributed by atoms with Gasteiger partial charge in [-0.3, -0.25) is 9.59 Å². The van der Waals surface area contributed by atoms with Crippen LogP contribution in [-0.2, 0) is 6.54 Å². The molecule has 0 aliphatic heterocycles. The van der Waals surface area contributed by atoms with Gasteiger partial charge in [-0.1, -0.05) is 0 Å². The van der Waals surface area contributed by atoms with Crippen LogP contribution in [0.5, 0.6) is 0 Å². The van der Waals surface area contributed by atoms with Crippen molar-refractivity contribution in [2.24, 2.45) is 0 Å². The Morgan fingerprint density at radius 3 is 2.89 bits per heavy atom. The molecule has 96 valence electrons. The third-order valence-corrected chi connectivity index (χ3v) is 4.36. The normalized spacial score (nSPS) is 11.0. The minimum absolute atomic E-state index is 0.0352. The summed E-state index contributed by atoms with van der Waals surface area (Å²) in [7, 11) is 0. The van der Waals surface area contributed by atoms with Crippen molar-refractivity contribution in [3.63, 3.8) is 0 Å². The molecule has 0 saturated carbocycles. The summed E-state index contributed by atoms with van der Waals surface area (Å²) in [5.74, 6) is -0.0818. The van der Waals surface area contributed by atoms with E-state index in [2.05, 4.69) is 21.0 Å². The molecule has 19 heavy (non-hydrogen) atoms. The highest BCUT2D eigenvalue weighted by Crippen LogP contribution is 2.22. The molecule has 3 rings (SSSR count). The van der Waals surface area contributed by atoms with Crippen LogP contribution in [0.4, 0.5) is 0 Å². The summed E-state index contributed by atoms with van der Waals surface area (Å²) < 4.78 is 3.78. The predicted molar refractivity (Wildman–Crippen MR) is 75.8 cm³/mol. The van der Waals surface area contributed by atoms with E-state index in [0.29, 0.717) is 10.4 Å². The molecular weight excluding hydrogens is 330 g/mol. The largest absolute Gasteiger partial charge is 0.304 e. The van der Waals surface area contributed by atoms with Crippen LogP contribution in [0.2, 0.25) is 0 Å². The molecule has 0 aliphatic carbocycles. The maximum absolute atomic E-state index is 12.1. The van der Waals surface area contributed by atoms with E-state index in [1.54, 1.807) is 30.7 Å². The molecule has 0 amide bonds. The molecule has 0 radical (unpaired) electrons. The Bertz CT molecular complexity index is 818. The first-order chi connectivity index (χ1) is 9.15. The van der Waals surface area contributed by atoms with E-state index in [-0.39, 0.29) is 17.9 Å². The highest BCUT2D eigenvalue weighted by Gasteiger charge is 2.11. The average molecular weight is 338 g/mol. The van der Waals surface area contributed by atoms with Crippen molar-refractivity contribution in [2.75, 3.05) is 0 Å². The van der Waals surface area contributed by atoms with Gasteiger partial charge in [-0.05, 0) is 34.1 Å². The number of Topliss-reactive ketones (excluding diaryl/α,β-unsaturated/α-hetero) is 1. The number of fused-ring (bicyclic) bond motifs is 1. The first kappa shape index (κ1) is 12.3. The summed E-state index contributed by atoms with van der Waals surface area (Å²) in [6, 6.07) is 5.20. The molecule has 0 atom stereocenters. The standard InChI is InChI=1S/C12H8BrN3O2S/c13-11-2-1-10(19-11)9(17)7-15-5-6-16-8(12(15)18)3-4-14-16/h1-6H,7H2. The lowest BCUT2D eigenvalue weighted by Crippen LogP contribution is -2.24. The topological polar surface area (TPSA) is 56.4 Å². The lowest BCUT2D eigenvalue weighted by Gasteiger charge is -2.04. The highest BCUT2D eigenvalue weighted by atomic mass is 79.9. The van der Waals surface area contributed by atoms with E-state index in [1.165, 1.54) is 20.4 Å². The molecule has 3 aromatic rings. The second-order valence-corrected chi connectivity index (χ2v) is 6.38. The third kappa shape index (κ3) is 2.26. The SMILES string of the molecule is O=C(Cn1ccn2nccc2c1=O)c1ccc(Br)s1. The number of carbonyl (C=O) groups is 1. The fourth-order valence-electron chi connectivity index (χ4n) is 1.78. The van der Waals surface area contributed by atoms with E-state index in [4.69, 9.17) is 0 Å². The quantitative estimate of drug-likeness (QED) is 0.688. The maximum Gasteiger partial charge on any atom is 0.276 e. The molecule has 5 nitrogen and oxygen atoms in total. The van der Waals surface area contributed by atoms with E-state index >= 15 is 0 Å². The van der Waals surface area contributed by atoms with Crippen LogP contribution in [0.25, 0.3) is 5.52 Å². The van der Waals surface area contributed by atoms with Gasteiger partial charge in [0.1, 0.15) is 5.52 Å². The number of carbonyl (C=O) groups excluding carboxylic acids is 1. The molecule has 0 bridgehead atoms. The Labute approximate surface area is 120 Å². The van der Waals surface area contributed by atoms with Gasteiger partial charge in [0.05, 0.1) is 21.4 Å². The Kier molecular flexibility index (Phi) is 3.08. The maximum atomic E-state index is 12.1. The number of aromatic nitrogens is 3. The Hall–Kier alpha value is -1.73. The van der Waals surface area contributed by atoms with Crippen molar-refractivity contribution in [1.29, 1.82) is 0 Å². The Balaban J connectivity index is 1.95. The molecule has 0 aliphatic rings. The third-order valence-electron chi connectivity index (χ3n) is 2.70. The molecule has 0 saturated heterocycles. The first-order valence-electron chi connectivity index (χ1n) is 5.46. The van der Waals surface area contributed by atoms with Gasteiger partial charge in [0.25, 0.3) is 5.56 Å². The second-order valence-electron chi connectivity index (χ2n) is 3.92. The molecule has 7 heteroatoms. The summed E-state index contributed by atoms with van der Waals surface area (Å²) in [4.78, 5) is 24.8. The van der Waals surface area contributed by atoms with Crippen LogP contribution in [0.1, 0.15) is 9.67 Å². The monoisotopic (exact) mass is 337 g/mol. The number of hydrogen-bond donors (Lipinski definition) is 0. The highest BCUT2D eigenvalue weighted by molar-refractivity contribution is 9.11. The van der Waals surface area contributed by atoms with Gasteiger partial charge < -0.3 is 4.57 Å². The smallest absolute Gasteiger partial charge is 0.276 e. The zero-order valence-electron chi connectivity index (χ0n) is 9.62. The molecular formula is C12H8BrN3O2S. The van der Waals surface area contributed by atoms with Crippen molar-refractivity contribution in [3.8, 4) is 0 Å². The van der Waals surface area contributed by atoms with Crippen LogP contribution < -0.4 is 5.56 Å². The van der Waals surface area contributed by atoms with Gasteiger partial charge in [0, 0.05) is 12.4 Å². The zero-order chi connectivity index (χ0) is 13.4. The Morgan fingerprint density at radius 2 is 2.16 bits per heavy atom. The second kappa shape index (κ2) is 4.75. The van der Waals surface area contributed by atoms with Crippen molar-refractivity contribution in [2.45, 2.75) is 6.54 Å². The van der Waals surface area contributed by atoms with E-state index in [1.807, 2.05) is 6.07 Å². The van der Waals surface area contributed by atoms with E-state index in [9.17, 15) is 9.59 Å². The number of halogens is 1. The molecule has 0 aromatic carbocycles. The van der Waals surface area contributed by atoms with Crippen LogP contribution >= 0.6 is 27.3 Å². The Morgan fingerprint density at radius 1 is 1.32 bits per heavy atom. The van der Waals surface area contributed by atoms with E-state index < -0.39 is 0 Å². The fourth-order valence-corrected chi connectivity index (χ4v) is 3.10. The van der Waals surface area contributed by atoms with Crippen LogP contribution in [-0.4, -0.2) is 20.0 Å². The van der Waals surface area contributed by atoms with Crippen LogP contribution in [0, 0.1) is 0 Å². The molecule has 0 fully saturated rings.